The monoisotopic (exact) mass is 171 g/mol. The average Bonchev–Trinajstić information content (AvgIpc) is 2.03. The molecule has 0 amide bonds. The number of hydrogen-bond acceptors (Lipinski definition) is 3. The highest BCUT2D eigenvalue weighted by Gasteiger charge is 2.24. The van der Waals surface area contributed by atoms with Crippen molar-refractivity contribution >= 4 is 0 Å². The second-order valence-electron chi connectivity index (χ2n) is 3.93. The Hall–Kier alpha value is -0.120. The van der Waals surface area contributed by atoms with E-state index in [-0.39, 0.29) is 0 Å². The predicted molar refractivity (Wildman–Crippen MR) is 52.2 cm³/mol. The van der Waals surface area contributed by atoms with Crippen LogP contribution in [0.3, 0.4) is 0 Å². The maximum atomic E-state index is 5.64. The van der Waals surface area contributed by atoms with Crippen LogP contribution < -0.4 is 5.73 Å². The molecule has 3 nitrogen and oxygen atoms in total. The molecule has 72 valence electrons. The summed E-state index contributed by atoms with van der Waals surface area (Å²) in [5, 5.41) is 0. The Bertz CT molecular complexity index is 138. The molecule has 0 spiro atoms. The Labute approximate surface area is 75.5 Å². The molecular weight excluding hydrogens is 150 g/mol. The van der Waals surface area contributed by atoms with E-state index in [0.29, 0.717) is 12.1 Å². The lowest BCUT2D eigenvalue weighted by Gasteiger charge is -2.41. The third-order valence-corrected chi connectivity index (χ3v) is 2.79. The topological polar surface area (TPSA) is 32.5 Å². The summed E-state index contributed by atoms with van der Waals surface area (Å²) in [5.74, 6) is 0. The first kappa shape index (κ1) is 9.96. The van der Waals surface area contributed by atoms with Crippen molar-refractivity contribution in [3.05, 3.63) is 0 Å². The van der Waals surface area contributed by atoms with Crippen LogP contribution in [-0.4, -0.2) is 55.1 Å². The highest BCUT2D eigenvalue weighted by molar-refractivity contribution is 4.81. The van der Waals surface area contributed by atoms with Crippen LogP contribution >= 0.6 is 0 Å². The fraction of sp³-hybridized carbons (Fsp3) is 1.00. The van der Waals surface area contributed by atoms with Gasteiger partial charge in [0, 0.05) is 38.3 Å². The molecule has 1 aliphatic rings. The van der Waals surface area contributed by atoms with Gasteiger partial charge in [0.2, 0.25) is 0 Å². The van der Waals surface area contributed by atoms with Gasteiger partial charge in [-0.15, -0.1) is 0 Å². The van der Waals surface area contributed by atoms with Crippen LogP contribution in [0, 0.1) is 0 Å². The third-order valence-electron chi connectivity index (χ3n) is 2.79. The molecule has 0 aromatic heterocycles. The first-order valence-corrected chi connectivity index (χ1v) is 4.79. The summed E-state index contributed by atoms with van der Waals surface area (Å²) in [6.07, 6.45) is 0. The van der Waals surface area contributed by atoms with Crippen molar-refractivity contribution in [3.8, 4) is 0 Å². The van der Waals surface area contributed by atoms with Crippen LogP contribution in [0.4, 0.5) is 0 Å². The van der Waals surface area contributed by atoms with Crippen LogP contribution in [0.15, 0.2) is 0 Å². The van der Waals surface area contributed by atoms with E-state index in [2.05, 4.69) is 30.7 Å². The van der Waals surface area contributed by atoms with Crippen LogP contribution in [0.2, 0.25) is 0 Å². The van der Waals surface area contributed by atoms with E-state index in [9.17, 15) is 0 Å². The van der Waals surface area contributed by atoms with E-state index in [1.54, 1.807) is 0 Å². The molecule has 2 atom stereocenters. The largest absolute Gasteiger partial charge is 0.329 e. The zero-order valence-corrected chi connectivity index (χ0v) is 8.45. The first-order valence-electron chi connectivity index (χ1n) is 4.79. The summed E-state index contributed by atoms with van der Waals surface area (Å²) in [7, 11) is 2.18. The highest BCUT2D eigenvalue weighted by Crippen LogP contribution is 2.10. The summed E-state index contributed by atoms with van der Waals surface area (Å²) in [5.41, 5.74) is 5.64. The summed E-state index contributed by atoms with van der Waals surface area (Å²) >= 11 is 0. The standard InChI is InChI=1S/C9H21N3/c1-8(6-10)12-5-4-11(3)7-9(12)2/h8-9H,4-7,10H2,1-3H3. The molecule has 0 radical (unpaired) electrons. The van der Waals surface area contributed by atoms with E-state index >= 15 is 0 Å². The summed E-state index contributed by atoms with van der Waals surface area (Å²) in [6.45, 7) is 8.77. The summed E-state index contributed by atoms with van der Waals surface area (Å²) < 4.78 is 0. The average molecular weight is 171 g/mol. The molecule has 1 rings (SSSR count). The molecule has 0 aromatic carbocycles. The van der Waals surface area contributed by atoms with E-state index in [1.165, 1.54) is 13.1 Å². The maximum Gasteiger partial charge on any atom is 0.0198 e. The normalized spacial score (nSPS) is 30.5. The molecule has 0 aromatic rings. The number of hydrogen-bond donors (Lipinski definition) is 1. The van der Waals surface area contributed by atoms with Gasteiger partial charge in [0.1, 0.15) is 0 Å². The number of rotatable bonds is 2. The van der Waals surface area contributed by atoms with Crippen molar-refractivity contribution in [3.63, 3.8) is 0 Å². The van der Waals surface area contributed by atoms with Gasteiger partial charge < -0.3 is 10.6 Å². The van der Waals surface area contributed by atoms with E-state index in [0.717, 1.165) is 13.1 Å². The highest BCUT2D eigenvalue weighted by atomic mass is 15.3. The van der Waals surface area contributed by atoms with Gasteiger partial charge in [-0.25, -0.2) is 0 Å². The molecule has 1 saturated heterocycles. The third kappa shape index (κ3) is 2.19. The Morgan fingerprint density at radius 2 is 2.17 bits per heavy atom. The Morgan fingerprint density at radius 3 is 2.67 bits per heavy atom. The Balaban J connectivity index is 2.44. The van der Waals surface area contributed by atoms with Crippen molar-refractivity contribution in [2.45, 2.75) is 25.9 Å². The maximum absolute atomic E-state index is 5.64. The number of piperazine rings is 1. The molecule has 2 unspecified atom stereocenters. The van der Waals surface area contributed by atoms with Crippen LogP contribution in [0.25, 0.3) is 0 Å². The van der Waals surface area contributed by atoms with Crippen molar-refractivity contribution in [2.75, 3.05) is 33.2 Å². The molecule has 1 aliphatic heterocycles. The number of nitrogens with two attached hydrogens (primary N) is 1. The zero-order chi connectivity index (χ0) is 9.14. The second kappa shape index (κ2) is 4.21. The molecular formula is C9H21N3. The van der Waals surface area contributed by atoms with Gasteiger partial charge in [-0.3, -0.25) is 4.90 Å². The smallest absolute Gasteiger partial charge is 0.0198 e. The molecule has 12 heavy (non-hydrogen) atoms. The molecule has 2 N–H and O–H groups in total. The van der Waals surface area contributed by atoms with Gasteiger partial charge in [0.05, 0.1) is 0 Å². The molecule has 3 heteroatoms. The zero-order valence-electron chi connectivity index (χ0n) is 8.45. The lowest BCUT2D eigenvalue weighted by Crippen LogP contribution is -2.55. The van der Waals surface area contributed by atoms with Crippen LogP contribution in [0.1, 0.15) is 13.8 Å². The van der Waals surface area contributed by atoms with E-state index < -0.39 is 0 Å². The second-order valence-corrected chi connectivity index (χ2v) is 3.93. The summed E-state index contributed by atoms with van der Waals surface area (Å²) in [6, 6.07) is 1.19. The summed E-state index contributed by atoms with van der Waals surface area (Å²) in [4.78, 5) is 4.88. The van der Waals surface area contributed by atoms with Crippen molar-refractivity contribution in [2.24, 2.45) is 5.73 Å². The minimum absolute atomic E-state index is 0.536. The molecule has 1 heterocycles. The lowest BCUT2D eigenvalue weighted by atomic mass is 10.1. The number of nitrogens with zero attached hydrogens (tertiary/aromatic N) is 2. The number of likely N-dealkylation sites (N-methyl/N-ethyl adjacent to an activating group) is 1. The van der Waals surface area contributed by atoms with Gasteiger partial charge in [-0.1, -0.05) is 0 Å². The van der Waals surface area contributed by atoms with Gasteiger partial charge in [0.25, 0.3) is 0 Å². The fourth-order valence-electron chi connectivity index (χ4n) is 1.94. The lowest BCUT2D eigenvalue weighted by molar-refractivity contribution is 0.0706. The van der Waals surface area contributed by atoms with Gasteiger partial charge in [-0.05, 0) is 20.9 Å². The van der Waals surface area contributed by atoms with Gasteiger partial charge >= 0.3 is 0 Å². The molecule has 1 fully saturated rings. The fourth-order valence-corrected chi connectivity index (χ4v) is 1.94. The molecule has 0 aliphatic carbocycles. The van der Waals surface area contributed by atoms with E-state index in [1.807, 2.05) is 0 Å². The molecule has 0 saturated carbocycles. The minimum atomic E-state index is 0.536. The van der Waals surface area contributed by atoms with Crippen molar-refractivity contribution < 1.29 is 0 Å². The van der Waals surface area contributed by atoms with E-state index in [4.69, 9.17) is 5.73 Å². The SMILES string of the molecule is CC(CN)N1CCN(C)CC1C. The quantitative estimate of drug-likeness (QED) is 0.633. The minimum Gasteiger partial charge on any atom is -0.329 e. The van der Waals surface area contributed by atoms with Crippen LogP contribution in [0.5, 0.6) is 0 Å². The van der Waals surface area contributed by atoms with Crippen molar-refractivity contribution in [1.29, 1.82) is 0 Å². The van der Waals surface area contributed by atoms with Crippen molar-refractivity contribution in [1.82, 2.24) is 9.80 Å². The van der Waals surface area contributed by atoms with Gasteiger partial charge in [0.15, 0.2) is 0 Å². The Kier molecular flexibility index (Phi) is 3.50. The van der Waals surface area contributed by atoms with Crippen LogP contribution in [-0.2, 0) is 0 Å². The van der Waals surface area contributed by atoms with Gasteiger partial charge in [-0.2, -0.15) is 0 Å². The first-order chi connectivity index (χ1) is 5.65. The predicted octanol–water partition coefficient (Wildman–Crippen LogP) is -0.0305. The Morgan fingerprint density at radius 1 is 1.50 bits per heavy atom. The molecule has 0 bridgehead atoms.